The zero-order valence-electron chi connectivity index (χ0n) is 6.80. The highest BCUT2D eigenvalue weighted by Crippen LogP contribution is 1.91. The summed E-state index contributed by atoms with van der Waals surface area (Å²) >= 11 is 0. The molecule has 0 bridgehead atoms. The smallest absolute Gasteiger partial charge is 0.307 e. The third-order valence-electron chi connectivity index (χ3n) is 1.19. The zero-order valence-corrected chi connectivity index (χ0v) is 6.80. The van der Waals surface area contributed by atoms with Gasteiger partial charge in [-0.3, -0.25) is 4.79 Å². The van der Waals surface area contributed by atoms with Gasteiger partial charge in [0.2, 0.25) is 6.73 Å². The van der Waals surface area contributed by atoms with Crippen LogP contribution in [-0.2, 0) is 16.3 Å². The Labute approximate surface area is 69.5 Å². The van der Waals surface area contributed by atoms with Crippen molar-refractivity contribution < 1.29 is 9.53 Å². The lowest BCUT2D eigenvalue weighted by Crippen LogP contribution is -2.11. The van der Waals surface area contributed by atoms with E-state index in [-0.39, 0.29) is 12.7 Å². The van der Waals surface area contributed by atoms with Gasteiger partial charge in [-0.25, -0.2) is 0 Å². The van der Waals surface area contributed by atoms with E-state index in [1.165, 1.54) is 11.1 Å². The normalized spacial score (nSPS) is 9.75. The minimum absolute atomic E-state index is 0.0405. The van der Waals surface area contributed by atoms with Crippen molar-refractivity contribution in [2.45, 2.75) is 26.5 Å². The summed E-state index contributed by atoms with van der Waals surface area (Å²) in [5.41, 5.74) is 0. The second kappa shape index (κ2) is 4.42. The van der Waals surface area contributed by atoms with Crippen LogP contribution in [0.2, 0.25) is 0 Å². The molecule has 0 N–H and O–H groups in total. The number of aromatic nitrogens is 4. The summed E-state index contributed by atoms with van der Waals surface area (Å²) in [5, 5.41) is 10.6. The largest absolute Gasteiger partial charge is 0.441 e. The Morgan fingerprint density at radius 3 is 3.08 bits per heavy atom. The Balaban J connectivity index is 2.22. The molecule has 0 aliphatic rings. The van der Waals surface area contributed by atoms with E-state index in [9.17, 15) is 4.79 Å². The minimum Gasteiger partial charge on any atom is -0.441 e. The maximum Gasteiger partial charge on any atom is 0.307 e. The Kier molecular flexibility index (Phi) is 3.18. The van der Waals surface area contributed by atoms with Crippen LogP contribution in [-0.4, -0.2) is 26.2 Å². The number of ether oxygens (including phenoxy) is 1. The first-order valence-electron chi connectivity index (χ1n) is 3.69. The predicted octanol–water partition coefficient (Wildman–Crippen LogP) is -0.0261. The van der Waals surface area contributed by atoms with Crippen molar-refractivity contribution in [3.8, 4) is 0 Å². The van der Waals surface area contributed by atoms with Crippen LogP contribution in [0.1, 0.15) is 19.8 Å². The topological polar surface area (TPSA) is 69.9 Å². The van der Waals surface area contributed by atoms with E-state index in [4.69, 9.17) is 4.74 Å². The molecule has 0 saturated carbocycles. The first-order valence-corrected chi connectivity index (χ1v) is 3.69. The molecule has 6 heteroatoms. The van der Waals surface area contributed by atoms with Crippen LogP contribution in [0.5, 0.6) is 0 Å². The number of carbonyl (C=O) groups is 1. The van der Waals surface area contributed by atoms with E-state index in [1.807, 2.05) is 6.92 Å². The summed E-state index contributed by atoms with van der Waals surface area (Å²) in [6.45, 7) is 1.95. The Morgan fingerprint density at radius 2 is 2.50 bits per heavy atom. The highest BCUT2D eigenvalue weighted by atomic mass is 16.5. The van der Waals surface area contributed by atoms with E-state index >= 15 is 0 Å². The van der Waals surface area contributed by atoms with Crippen LogP contribution in [0, 0.1) is 0 Å². The van der Waals surface area contributed by atoms with Crippen molar-refractivity contribution in [2.75, 3.05) is 0 Å². The summed E-state index contributed by atoms with van der Waals surface area (Å²) in [6, 6.07) is 0. The second-order valence-electron chi connectivity index (χ2n) is 2.20. The lowest BCUT2D eigenvalue weighted by molar-refractivity contribution is -0.148. The molecule has 1 rings (SSSR count). The van der Waals surface area contributed by atoms with E-state index in [1.54, 1.807) is 0 Å². The molecule has 12 heavy (non-hydrogen) atoms. The van der Waals surface area contributed by atoms with Gasteiger partial charge in [-0.05, 0) is 11.6 Å². The second-order valence-corrected chi connectivity index (χ2v) is 2.20. The van der Waals surface area contributed by atoms with Crippen molar-refractivity contribution in [2.24, 2.45) is 0 Å². The fourth-order valence-corrected chi connectivity index (χ4v) is 0.654. The monoisotopic (exact) mass is 170 g/mol. The summed E-state index contributed by atoms with van der Waals surface area (Å²) in [6.07, 6.45) is 2.49. The number of carbonyl (C=O) groups excluding carboxylic acids is 1. The molecule has 1 aromatic heterocycles. The number of rotatable bonds is 4. The van der Waals surface area contributed by atoms with Gasteiger partial charge >= 0.3 is 5.97 Å². The molecule has 0 atom stereocenters. The van der Waals surface area contributed by atoms with Crippen molar-refractivity contribution in [1.82, 2.24) is 20.2 Å². The van der Waals surface area contributed by atoms with Crippen LogP contribution < -0.4 is 0 Å². The van der Waals surface area contributed by atoms with Gasteiger partial charge in [-0.2, -0.15) is 0 Å². The SMILES string of the molecule is CCCC(=O)OCn1ncnn1. The van der Waals surface area contributed by atoms with E-state index in [0.29, 0.717) is 6.42 Å². The Bertz CT molecular complexity index is 234. The number of hydrogen-bond acceptors (Lipinski definition) is 5. The molecule has 0 unspecified atom stereocenters. The van der Waals surface area contributed by atoms with Gasteiger partial charge in [0.15, 0.2) is 6.33 Å². The molecule has 0 amide bonds. The number of esters is 1. The van der Waals surface area contributed by atoms with Crippen LogP contribution in [0.3, 0.4) is 0 Å². The van der Waals surface area contributed by atoms with Gasteiger partial charge in [-0.15, -0.1) is 15.0 Å². The van der Waals surface area contributed by atoms with Crippen molar-refractivity contribution in [1.29, 1.82) is 0 Å². The van der Waals surface area contributed by atoms with E-state index in [0.717, 1.165) is 6.42 Å². The van der Waals surface area contributed by atoms with Gasteiger partial charge in [0.25, 0.3) is 0 Å². The summed E-state index contributed by atoms with van der Waals surface area (Å²) < 4.78 is 4.79. The van der Waals surface area contributed by atoms with Gasteiger partial charge in [-0.1, -0.05) is 6.92 Å². The lowest BCUT2D eigenvalue weighted by Gasteiger charge is -2.00. The molecular weight excluding hydrogens is 160 g/mol. The van der Waals surface area contributed by atoms with E-state index < -0.39 is 0 Å². The van der Waals surface area contributed by atoms with Gasteiger partial charge in [0.1, 0.15) is 0 Å². The molecule has 1 aromatic rings. The number of tetrazole rings is 1. The van der Waals surface area contributed by atoms with Crippen molar-refractivity contribution in [3.63, 3.8) is 0 Å². The molecule has 66 valence electrons. The average Bonchev–Trinajstić information content (AvgIpc) is 2.53. The highest BCUT2D eigenvalue weighted by Gasteiger charge is 2.00. The average molecular weight is 170 g/mol. The molecular formula is C6H10N4O2. The van der Waals surface area contributed by atoms with Crippen molar-refractivity contribution in [3.05, 3.63) is 6.33 Å². The summed E-state index contributed by atoms with van der Waals surface area (Å²) in [5.74, 6) is -0.241. The molecule has 0 aliphatic heterocycles. The molecule has 0 fully saturated rings. The van der Waals surface area contributed by atoms with Crippen molar-refractivity contribution >= 4 is 5.97 Å². The lowest BCUT2D eigenvalue weighted by atomic mass is 10.3. The molecule has 0 aliphatic carbocycles. The minimum atomic E-state index is -0.241. The van der Waals surface area contributed by atoms with Gasteiger partial charge < -0.3 is 4.74 Å². The molecule has 0 aromatic carbocycles. The third-order valence-corrected chi connectivity index (χ3v) is 1.19. The highest BCUT2D eigenvalue weighted by molar-refractivity contribution is 5.68. The maximum atomic E-state index is 10.8. The molecule has 1 heterocycles. The first kappa shape index (κ1) is 8.63. The van der Waals surface area contributed by atoms with Crippen LogP contribution >= 0.6 is 0 Å². The Hall–Kier alpha value is -1.46. The quantitative estimate of drug-likeness (QED) is 0.593. The maximum absolute atomic E-state index is 10.8. The van der Waals surface area contributed by atoms with Gasteiger partial charge in [0.05, 0.1) is 0 Å². The molecule has 0 spiro atoms. The molecule has 0 saturated heterocycles. The van der Waals surface area contributed by atoms with E-state index in [2.05, 4.69) is 15.4 Å². The molecule has 6 nitrogen and oxygen atoms in total. The van der Waals surface area contributed by atoms with Crippen LogP contribution in [0.4, 0.5) is 0 Å². The molecule has 0 radical (unpaired) electrons. The zero-order chi connectivity index (χ0) is 8.81. The number of hydrogen-bond donors (Lipinski definition) is 0. The standard InChI is InChI=1S/C6H10N4O2/c1-2-3-6(11)12-5-10-8-4-7-9-10/h4H,2-3,5H2,1H3. The van der Waals surface area contributed by atoms with Gasteiger partial charge in [0, 0.05) is 6.42 Å². The fourth-order valence-electron chi connectivity index (χ4n) is 0.654. The third kappa shape index (κ3) is 2.65. The predicted molar refractivity (Wildman–Crippen MR) is 38.8 cm³/mol. The number of nitrogens with zero attached hydrogens (tertiary/aromatic N) is 4. The summed E-state index contributed by atoms with van der Waals surface area (Å²) in [7, 11) is 0. The Morgan fingerprint density at radius 1 is 1.67 bits per heavy atom. The first-order chi connectivity index (χ1) is 5.83. The van der Waals surface area contributed by atoms with Crippen LogP contribution in [0.25, 0.3) is 0 Å². The summed E-state index contributed by atoms with van der Waals surface area (Å²) in [4.78, 5) is 12.0. The van der Waals surface area contributed by atoms with Crippen LogP contribution in [0.15, 0.2) is 6.33 Å². The fraction of sp³-hybridized carbons (Fsp3) is 0.667.